The summed E-state index contributed by atoms with van der Waals surface area (Å²) in [4.78, 5) is 22.0. The molecule has 0 heterocycles. The fourth-order valence-electron chi connectivity index (χ4n) is 1.61. The van der Waals surface area contributed by atoms with Gasteiger partial charge in [0.2, 0.25) is 0 Å². The van der Waals surface area contributed by atoms with Gasteiger partial charge >= 0.3 is 0 Å². The SMILES string of the molecule is CC(=O)c1ccccc1.CC(C)C(=O)c1ccccc1. The Morgan fingerprint density at radius 1 is 0.750 bits per heavy atom. The van der Waals surface area contributed by atoms with Crippen molar-refractivity contribution in [1.29, 1.82) is 0 Å². The average Bonchev–Trinajstić information content (AvgIpc) is 2.49. The summed E-state index contributed by atoms with van der Waals surface area (Å²) in [6, 6.07) is 18.6. The van der Waals surface area contributed by atoms with E-state index in [1.54, 1.807) is 6.92 Å². The third-order valence-electron chi connectivity index (χ3n) is 2.76. The van der Waals surface area contributed by atoms with Crippen LogP contribution >= 0.6 is 0 Å². The Bertz CT molecular complexity index is 542. The summed E-state index contributed by atoms with van der Waals surface area (Å²) in [5.41, 5.74) is 1.58. The monoisotopic (exact) mass is 268 g/mol. The number of hydrogen-bond donors (Lipinski definition) is 0. The Morgan fingerprint density at radius 2 is 1.15 bits per heavy atom. The summed E-state index contributed by atoms with van der Waals surface area (Å²) in [6.45, 7) is 5.39. The van der Waals surface area contributed by atoms with Gasteiger partial charge in [-0.2, -0.15) is 0 Å². The molecule has 0 saturated heterocycles. The number of ketones is 2. The third-order valence-corrected chi connectivity index (χ3v) is 2.76. The summed E-state index contributed by atoms with van der Waals surface area (Å²) < 4.78 is 0. The molecule has 0 N–H and O–H groups in total. The maximum absolute atomic E-state index is 11.3. The van der Waals surface area contributed by atoms with Crippen LogP contribution in [0.5, 0.6) is 0 Å². The van der Waals surface area contributed by atoms with Gasteiger partial charge in [-0.3, -0.25) is 9.59 Å². The molecule has 0 fully saturated rings. The van der Waals surface area contributed by atoms with Gasteiger partial charge in [0.15, 0.2) is 11.6 Å². The quantitative estimate of drug-likeness (QED) is 0.772. The Labute approximate surface area is 120 Å². The van der Waals surface area contributed by atoms with Crippen LogP contribution in [0.3, 0.4) is 0 Å². The molecule has 104 valence electrons. The number of carbonyl (C=O) groups excluding carboxylic acids is 2. The molecule has 20 heavy (non-hydrogen) atoms. The van der Waals surface area contributed by atoms with Crippen LogP contribution in [-0.4, -0.2) is 11.6 Å². The molecule has 0 aliphatic heterocycles. The van der Waals surface area contributed by atoms with Gasteiger partial charge in [-0.1, -0.05) is 74.5 Å². The van der Waals surface area contributed by atoms with Crippen molar-refractivity contribution in [2.45, 2.75) is 20.8 Å². The molecule has 2 rings (SSSR count). The zero-order chi connectivity index (χ0) is 15.0. The van der Waals surface area contributed by atoms with E-state index in [1.807, 2.05) is 74.5 Å². The van der Waals surface area contributed by atoms with Crippen molar-refractivity contribution >= 4 is 11.6 Å². The highest BCUT2D eigenvalue weighted by Gasteiger charge is 2.08. The first kappa shape index (κ1) is 15.8. The smallest absolute Gasteiger partial charge is 0.165 e. The van der Waals surface area contributed by atoms with Gasteiger partial charge in [0.1, 0.15) is 0 Å². The standard InChI is InChI=1S/C10H12O.C8H8O/c1-8(2)10(11)9-6-4-3-5-7-9;1-7(9)8-5-3-2-4-6-8/h3-8H,1-2H3;2-6H,1H3. The third kappa shape index (κ3) is 5.19. The maximum Gasteiger partial charge on any atom is 0.165 e. The van der Waals surface area contributed by atoms with Crippen molar-refractivity contribution in [3.8, 4) is 0 Å². The Balaban J connectivity index is 0.000000204. The van der Waals surface area contributed by atoms with Crippen LogP contribution < -0.4 is 0 Å². The molecule has 2 heteroatoms. The van der Waals surface area contributed by atoms with E-state index in [2.05, 4.69) is 0 Å². The second-order valence-electron chi connectivity index (χ2n) is 4.81. The molecule has 0 spiro atoms. The van der Waals surface area contributed by atoms with Crippen molar-refractivity contribution in [2.24, 2.45) is 5.92 Å². The van der Waals surface area contributed by atoms with E-state index in [1.165, 1.54) is 0 Å². The molecule has 0 bridgehead atoms. The van der Waals surface area contributed by atoms with E-state index in [-0.39, 0.29) is 17.5 Å². The van der Waals surface area contributed by atoms with Gasteiger partial charge in [0, 0.05) is 17.0 Å². The van der Waals surface area contributed by atoms with E-state index < -0.39 is 0 Å². The van der Waals surface area contributed by atoms with E-state index in [0.717, 1.165) is 11.1 Å². The van der Waals surface area contributed by atoms with Crippen molar-refractivity contribution in [3.05, 3.63) is 71.8 Å². The molecule has 0 aliphatic rings. The van der Waals surface area contributed by atoms with Gasteiger partial charge in [-0.15, -0.1) is 0 Å². The first-order valence-corrected chi connectivity index (χ1v) is 6.67. The van der Waals surface area contributed by atoms with Crippen LogP contribution in [-0.2, 0) is 0 Å². The fraction of sp³-hybridized carbons (Fsp3) is 0.222. The maximum atomic E-state index is 11.3. The molecule has 0 radical (unpaired) electrons. The minimum Gasteiger partial charge on any atom is -0.295 e. The van der Waals surface area contributed by atoms with Gasteiger partial charge in [-0.05, 0) is 6.92 Å². The van der Waals surface area contributed by atoms with Crippen LogP contribution in [0.2, 0.25) is 0 Å². The summed E-state index contributed by atoms with van der Waals surface area (Å²) in [5.74, 6) is 0.429. The predicted octanol–water partition coefficient (Wildman–Crippen LogP) is 4.41. The van der Waals surface area contributed by atoms with E-state index >= 15 is 0 Å². The Morgan fingerprint density at radius 3 is 1.45 bits per heavy atom. The molecule has 0 saturated carbocycles. The zero-order valence-electron chi connectivity index (χ0n) is 12.2. The van der Waals surface area contributed by atoms with Gasteiger partial charge in [-0.25, -0.2) is 0 Å². The molecule has 0 aliphatic carbocycles. The second-order valence-corrected chi connectivity index (χ2v) is 4.81. The van der Waals surface area contributed by atoms with Crippen LogP contribution in [0.25, 0.3) is 0 Å². The number of hydrogen-bond acceptors (Lipinski definition) is 2. The summed E-state index contributed by atoms with van der Waals surface area (Å²) >= 11 is 0. The predicted molar refractivity (Wildman–Crippen MR) is 82.1 cm³/mol. The highest BCUT2D eigenvalue weighted by Crippen LogP contribution is 2.06. The molecular weight excluding hydrogens is 248 g/mol. The average molecular weight is 268 g/mol. The van der Waals surface area contributed by atoms with Crippen LogP contribution in [0, 0.1) is 5.92 Å². The lowest BCUT2D eigenvalue weighted by molar-refractivity contribution is 0.0938. The fourth-order valence-corrected chi connectivity index (χ4v) is 1.61. The second kappa shape index (κ2) is 8.05. The highest BCUT2D eigenvalue weighted by molar-refractivity contribution is 5.97. The molecule has 0 atom stereocenters. The van der Waals surface area contributed by atoms with Crippen LogP contribution in [0.4, 0.5) is 0 Å². The minimum atomic E-state index is 0.0948. The van der Waals surface area contributed by atoms with Crippen molar-refractivity contribution in [3.63, 3.8) is 0 Å². The van der Waals surface area contributed by atoms with Gasteiger partial charge in [0.25, 0.3) is 0 Å². The Hall–Kier alpha value is -2.22. The summed E-state index contributed by atoms with van der Waals surface area (Å²) in [7, 11) is 0. The number of carbonyl (C=O) groups is 2. The Kier molecular flexibility index (Phi) is 6.38. The molecule has 2 nitrogen and oxygen atoms in total. The number of rotatable bonds is 3. The van der Waals surface area contributed by atoms with Gasteiger partial charge < -0.3 is 0 Å². The van der Waals surface area contributed by atoms with Gasteiger partial charge in [0.05, 0.1) is 0 Å². The zero-order valence-corrected chi connectivity index (χ0v) is 12.2. The van der Waals surface area contributed by atoms with E-state index in [9.17, 15) is 9.59 Å². The molecule has 0 unspecified atom stereocenters. The van der Waals surface area contributed by atoms with Crippen molar-refractivity contribution in [1.82, 2.24) is 0 Å². The molecule has 2 aromatic rings. The molecule has 0 amide bonds. The van der Waals surface area contributed by atoms with Crippen LogP contribution in [0.1, 0.15) is 41.5 Å². The topological polar surface area (TPSA) is 34.1 Å². The van der Waals surface area contributed by atoms with Crippen molar-refractivity contribution in [2.75, 3.05) is 0 Å². The largest absolute Gasteiger partial charge is 0.295 e. The molecule has 0 aromatic heterocycles. The first-order chi connectivity index (χ1) is 9.52. The number of Topliss-reactive ketones (excluding diaryl/α,β-unsaturated/α-hetero) is 2. The first-order valence-electron chi connectivity index (χ1n) is 6.67. The lowest BCUT2D eigenvalue weighted by atomic mass is 10.0. The number of benzene rings is 2. The molecule has 2 aromatic carbocycles. The molecular formula is C18H20O2. The minimum absolute atomic E-state index is 0.0948. The summed E-state index contributed by atoms with van der Waals surface area (Å²) in [5, 5.41) is 0. The normalized spacial score (nSPS) is 9.60. The summed E-state index contributed by atoms with van der Waals surface area (Å²) in [6.07, 6.45) is 0. The van der Waals surface area contributed by atoms with Crippen molar-refractivity contribution < 1.29 is 9.59 Å². The van der Waals surface area contributed by atoms with Crippen LogP contribution in [0.15, 0.2) is 60.7 Å². The van der Waals surface area contributed by atoms with E-state index in [4.69, 9.17) is 0 Å². The lowest BCUT2D eigenvalue weighted by Crippen LogP contribution is -2.06. The highest BCUT2D eigenvalue weighted by atomic mass is 16.1. The lowest BCUT2D eigenvalue weighted by Gasteiger charge is -2.01. The van der Waals surface area contributed by atoms with E-state index in [0.29, 0.717) is 0 Å².